The van der Waals surface area contributed by atoms with Crippen molar-refractivity contribution in [3.05, 3.63) is 35.9 Å². The van der Waals surface area contributed by atoms with Gasteiger partial charge in [0.15, 0.2) is 0 Å². The minimum Gasteiger partial charge on any atom is -0.460 e. The summed E-state index contributed by atoms with van der Waals surface area (Å²) in [5, 5.41) is 0. The zero-order valence-corrected chi connectivity index (χ0v) is 20.8. The van der Waals surface area contributed by atoms with Gasteiger partial charge in [0, 0.05) is 0 Å². The molecule has 6 heteroatoms. The number of carbonyl (C=O) groups is 3. The van der Waals surface area contributed by atoms with Crippen molar-refractivity contribution >= 4 is 18.0 Å². The highest BCUT2D eigenvalue weighted by Crippen LogP contribution is 2.35. The highest BCUT2D eigenvalue weighted by atomic mass is 16.6. The molecule has 2 amide bonds. The minimum atomic E-state index is -0.738. The van der Waals surface area contributed by atoms with Crippen molar-refractivity contribution in [2.75, 3.05) is 6.61 Å². The summed E-state index contributed by atoms with van der Waals surface area (Å²) in [5.41, 5.74) is 0.0300. The summed E-state index contributed by atoms with van der Waals surface area (Å²) >= 11 is 0. The molecule has 1 aromatic rings. The van der Waals surface area contributed by atoms with Gasteiger partial charge < -0.3 is 9.47 Å². The standard InChI is InChI=1S/C26H39NO5/c1-17(2)21-16-31-24(30)27(21)22(28)19(14-18-12-10-9-11-13-18)20(15-25(3,4)5)23(29)32-26(6,7)8/h9-13,17,19-21H,14-16H2,1-8H3/t19-,20?,21-/m1/s1. The van der Waals surface area contributed by atoms with Gasteiger partial charge in [0.25, 0.3) is 0 Å². The molecular weight excluding hydrogens is 406 g/mol. The second-order valence-corrected chi connectivity index (χ2v) is 11.3. The van der Waals surface area contributed by atoms with Crippen LogP contribution in [0.4, 0.5) is 4.79 Å². The van der Waals surface area contributed by atoms with Gasteiger partial charge in [0.2, 0.25) is 5.91 Å². The van der Waals surface area contributed by atoms with Crippen molar-refractivity contribution in [2.45, 2.75) is 79.9 Å². The molecule has 0 aromatic heterocycles. The van der Waals surface area contributed by atoms with Gasteiger partial charge in [-0.15, -0.1) is 0 Å². The Morgan fingerprint density at radius 3 is 2.16 bits per heavy atom. The van der Waals surface area contributed by atoms with Crippen LogP contribution in [0.25, 0.3) is 0 Å². The van der Waals surface area contributed by atoms with Crippen LogP contribution in [0.3, 0.4) is 0 Å². The average molecular weight is 446 g/mol. The maximum atomic E-state index is 13.9. The monoisotopic (exact) mass is 445 g/mol. The molecule has 1 aromatic carbocycles. The van der Waals surface area contributed by atoms with Gasteiger partial charge in [-0.2, -0.15) is 0 Å². The Morgan fingerprint density at radius 1 is 1.06 bits per heavy atom. The molecule has 2 rings (SSSR count). The molecule has 1 aliphatic rings. The van der Waals surface area contributed by atoms with E-state index in [1.54, 1.807) is 0 Å². The molecule has 1 heterocycles. The quantitative estimate of drug-likeness (QED) is 0.537. The third-order valence-electron chi connectivity index (χ3n) is 5.56. The van der Waals surface area contributed by atoms with E-state index in [9.17, 15) is 14.4 Å². The minimum absolute atomic E-state index is 0.0466. The lowest BCUT2D eigenvalue weighted by Gasteiger charge is -2.35. The molecule has 6 nitrogen and oxygen atoms in total. The maximum Gasteiger partial charge on any atom is 0.416 e. The second-order valence-electron chi connectivity index (χ2n) is 11.3. The average Bonchev–Trinajstić information content (AvgIpc) is 3.04. The van der Waals surface area contributed by atoms with Crippen LogP contribution in [0.15, 0.2) is 30.3 Å². The topological polar surface area (TPSA) is 72.9 Å². The van der Waals surface area contributed by atoms with Crippen LogP contribution >= 0.6 is 0 Å². The largest absolute Gasteiger partial charge is 0.460 e. The second kappa shape index (κ2) is 10.1. The van der Waals surface area contributed by atoms with Crippen LogP contribution in [0, 0.1) is 23.2 Å². The molecule has 3 atom stereocenters. The van der Waals surface area contributed by atoms with Crippen LogP contribution < -0.4 is 0 Å². The predicted octanol–water partition coefficient (Wildman–Crippen LogP) is 5.24. The van der Waals surface area contributed by atoms with E-state index in [0.717, 1.165) is 5.56 Å². The third-order valence-corrected chi connectivity index (χ3v) is 5.56. The zero-order valence-electron chi connectivity index (χ0n) is 20.8. The molecule has 1 fully saturated rings. The SMILES string of the molecule is CC(C)[C@H]1COC(=O)N1C(=O)[C@H](Cc1ccccc1)C(CC(C)(C)C)C(=O)OC(C)(C)C. The molecule has 178 valence electrons. The summed E-state index contributed by atoms with van der Waals surface area (Å²) in [4.78, 5) is 41.1. The number of nitrogens with zero attached hydrogens (tertiary/aromatic N) is 1. The smallest absolute Gasteiger partial charge is 0.416 e. The molecule has 1 unspecified atom stereocenters. The molecule has 32 heavy (non-hydrogen) atoms. The summed E-state index contributed by atoms with van der Waals surface area (Å²) in [5.74, 6) is -2.16. The number of hydrogen-bond acceptors (Lipinski definition) is 5. The Kier molecular flexibility index (Phi) is 8.13. The van der Waals surface area contributed by atoms with E-state index in [1.807, 2.05) is 85.7 Å². The van der Waals surface area contributed by atoms with Crippen molar-refractivity contribution in [2.24, 2.45) is 23.2 Å². The summed E-state index contributed by atoms with van der Waals surface area (Å²) in [6.45, 7) is 15.7. The summed E-state index contributed by atoms with van der Waals surface area (Å²) in [7, 11) is 0. The molecule has 0 aliphatic carbocycles. The van der Waals surface area contributed by atoms with Crippen molar-refractivity contribution in [1.29, 1.82) is 0 Å². The lowest BCUT2D eigenvalue weighted by atomic mass is 9.75. The van der Waals surface area contributed by atoms with Gasteiger partial charge in [0.1, 0.15) is 12.2 Å². The van der Waals surface area contributed by atoms with Gasteiger partial charge in [-0.3, -0.25) is 9.59 Å². The van der Waals surface area contributed by atoms with E-state index >= 15 is 0 Å². The lowest BCUT2D eigenvalue weighted by molar-refractivity contribution is -0.166. The fraction of sp³-hybridized carbons (Fsp3) is 0.654. The van der Waals surface area contributed by atoms with Crippen LogP contribution in [0.2, 0.25) is 0 Å². The Labute approximate surface area is 192 Å². The van der Waals surface area contributed by atoms with Crippen LogP contribution in [0.5, 0.6) is 0 Å². The predicted molar refractivity (Wildman–Crippen MR) is 124 cm³/mol. The Hall–Kier alpha value is -2.37. The molecule has 1 saturated heterocycles. The first-order valence-electron chi connectivity index (χ1n) is 11.5. The van der Waals surface area contributed by atoms with E-state index in [4.69, 9.17) is 9.47 Å². The summed E-state index contributed by atoms with van der Waals surface area (Å²) in [6.07, 6.45) is 0.166. The van der Waals surface area contributed by atoms with Crippen LogP contribution in [0.1, 0.15) is 67.4 Å². The van der Waals surface area contributed by atoms with E-state index < -0.39 is 29.5 Å². The van der Waals surface area contributed by atoms with Crippen LogP contribution in [-0.4, -0.2) is 41.1 Å². The number of cyclic esters (lactones) is 1. The fourth-order valence-corrected chi connectivity index (χ4v) is 4.06. The molecule has 0 N–H and O–H groups in total. The Morgan fingerprint density at radius 2 is 1.66 bits per heavy atom. The normalized spacial score (nSPS) is 19.0. The highest BCUT2D eigenvalue weighted by Gasteiger charge is 2.47. The van der Waals surface area contributed by atoms with Gasteiger partial charge in [0.05, 0.1) is 17.9 Å². The zero-order chi connectivity index (χ0) is 24.3. The van der Waals surface area contributed by atoms with E-state index in [2.05, 4.69) is 0 Å². The van der Waals surface area contributed by atoms with Crippen molar-refractivity contribution in [3.63, 3.8) is 0 Å². The van der Waals surface area contributed by atoms with Crippen LogP contribution in [-0.2, 0) is 25.5 Å². The summed E-state index contributed by atoms with van der Waals surface area (Å²) < 4.78 is 11.0. The third kappa shape index (κ3) is 7.07. The Bertz CT molecular complexity index is 804. The number of benzene rings is 1. The number of esters is 1. The number of ether oxygens (including phenoxy) is 2. The number of hydrogen-bond donors (Lipinski definition) is 0. The van der Waals surface area contributed by atoms with Gasteiger partial charge >= 0.3 is 12.1 Å². The molecule has 0 spiro atoms. The Balaban J connectivity index is 2.51. The molecule has 0 saturated carbocycles. The summed E-state index contributed by atoms with van der Waals surface area (Å²) in [6, 6.07) is 9.25. The molecule has 1 aliphatic heterocycles. The molecule has 0 radical (unpaired) electrons. The number of amides is 2. The first-order valence-corrected chi connectivity index (χ1v) is 11.5. The van der Waals surface area contributed by atoms with E-state index in [-0.39, 0.29) is 29.9 Å². The van der Waals surface area contributed by atoms with E-state index in [1.165, 1.54) is 4.90 Å². The fourth-order valence-electron chi connectivity index (χ4n) is 4.06. The first kappa shape index (κ1) is 25.9. The van der Waals surface area contributed by atoms with Gasteiger partial charge in [-0.25, -0.2) is 9.69 Å². The molecular formula is C26H39NO5. The lowest BCUT2D eigenvalue weighted by Crippen LogP contribution is -2.49. The van der Waals surface area contributed by atoms with Crippen molar-refractivity contribution in [3.8, 4) is 0 Å². The number of carbonyl (C=O) groups excluding carboxylic acids is 3. The van der Waals surface area contributed by atoms with Gasteiger partial charge in [-0.1, -0.05) is 65.0 Å². The van der Waals surface area contributed by atoms with Crippen molar-refractivity contribution in [1.82, 2.24) is 4.90 Å². The highest BCUT2D eigenvalue weighted by molar-refractivity contribution is 5.97. The molecule has 0 bridgehead atoms. The number of rotatable bonds is 7. The van der Waals surface area contributed by atoms with Crippen molar-refractivity contribution < 1.29 is 23.9 Å². The van der Waals surface area contributed by atoms with Gasteiger partial charge in [-0.05, 0) is 50.5 Å². The van der Waals surface area contributed by atoms with E-state index in [0.29, 0.717) is 12.8 Å². The first-order chi connectivity index (χ1) is 14.7. The maximum absolute atomic E-state index is 13.9. The number of imide groups is 1.